The van der Waals surface area contributed by atoms with Crippen LogP contribution in [0.25, 0.3) is 6.08 Å². The fraction of sp³-hybridized carbons (Fsp3) is 0.364. The van der Waals surface area contributed by atoms with Gasteiger partial charge in [-0.2, -0.15) is 0 Å². The lowest BCUT2D eigenvalue weighted by Gasteiger charge is -2.28. The van der Waals surface area contributed by atoms with Gasteiger partial charge in [0.05, 0.1) is 24.4 Å². The molecular formula is C22H29N3O6S. The maximum absolute atomic E-state index is 13.2. The minimum absolute atomic E-state index is 0.0214. The van der Waals surface area contributed by atoms with E-state index in [1.165, 1.54) is 18.4 Å². The van der Waals surface area contributed by atoms with E-state index in [-0.39, 0.29) is 18.2 Å². The second-order valence-electron chi connectivity index (χ2n) is 7.82. The summed E-state index contributed by atoms with van der Waals surface area (Å²) in [5.41, 5.74) is 4.91. The molecule has 0 saturated carbocycles. The molecule has 0 aliphatic carbocycles. The van der Waals surface area contributed by atoms with Crippen LogP contribution in [-0.2, 0) is 19.6 Å². The average molecular weight is 464 g/mol. The van der Waals surface area contributed by atoms with E-state index in [2.05, 4.69) is 5.43 Å². The molecule has 32 heavy (non-hydrogen) atoms. The zero-order valence-corrected chi connectivity index (χ0v) is 19.1. The molecule has 174 valence electrons. The van der Waals surface area contributed by atoms with Crippen molar-refractivity contribution in [2.75, 3.05) is 10.7 Å². The summed E-state index contributed by atoms with van der Waals surface area (Å²) in [6.45, 7) is 3.77. The number of amides is 2. The number of hydrogen-bond acceptors (Lipinski definition) is 6. The van der Waals surface area contributed by atoms with Crippen molar-refractivity contribution < 1.29 is 27.6 Å². The first kappa shape index (κ1) is 25.2. The lowest BCUT2D eigenvalue weighted by atomic mass is 9.82. The molecule has 0 unspecified atom stereocenters. The van der Waals surface area contributed by atoms with Crippen LogP contribution in [0.4, 0.5) is 5.88 Å². The van der Waals surface area contributed by atoms with Crippen LogP contribution in [0.15, 0.2) is 59.2 Å². The molecule has 1 heterocycles. The Morgan fingerprint density at radius 3 is 2.31 bits per heavy atom. The second kappa shape index (κ2) is 11.5. The van der Waals surface area contributed by atoms with Crippen molar-refractivity contribution in [2.24, 2.45) is 17.8 Å². The molecule has 1 aromatic carbocycles. The Morgan fingerprint density at radius 2 is 1.78 bits per heavy atom. The van der Waals surface area contributed by atoms with Gasteiger partial charge < -0.3 is 4.42 Å². The molecule has 0 fully saturated rings. The Kier molecular flexibility index (Phi) is 9.03. The number of furan rings is 1. The number of hydrazine groups is 1. The summed E-state index contributed by atoms with van der Waals surface area (Å²) in [5, 5.41) is 9.27. The third kappa shape index (κ3) is 7.24. The SMILES string of the molecule is CC(C)C[C@@H](C(=O)NN(c1ccco1)S(C)(=O)=O)[C@H](C/C=C/c1ccccc1)C(=O)NO. The van der Waals surface area contributed by atoms with Crippen LogP contribution in [-0.4, -0.2) is 31.7 Å². The molecule has 0 saturated heterocycles. The van der Waals surface area contributed by atoms with Gasteiger partial charge in [0.2, 0.25) is 17.7 Å². The van der Waals surface area contributed by atoms with E-state index in [1.54, 1.807) is 11.6 Å². The number of hydroxylamine groups is 1. The summed E-state index contributed by atoms with van der Waals surface area (Å²) in [4.78, 5) is 25.6. The fourth-order valence-electron chi connectivity index (χ4n) is 3.28. The Morgan fingerprint density at radius 1 is 1.09 bits per heavy atom. The normalized spacial score (nSPS) is 13.7. The summed E-state index contributed by atoms with van der Waals surface area (Å²) < 4.78 is 30.2. The third-order valence-electron chi connectivity index (χ3n) is 4.74. The summed E-state index contributed by atoms with van der Waals surface area (Å²) in [7, 11) is -3.91. The van der Waals surface area contributed by atoms with E-state index in [9.17, 15) is 23.2 Å². The highest BCUT2D eigenvalue weighted by molar-refractivity contribution is 7.92. The zero-order chi connectivity index (χ0) is 23.7. The topological polar surface area (TPSA) is 129 Å². The van der Waals surface area contributed by atoms with Crippen molar-refractivity contribution in [3.8, 4) is 0 Å². The van der Waals surface area contributed by atoms with E-state index >= 15 is 0 Å². The van der Waals surface area contributed by atoms with Gasteiger partial charge in [0.15, 0.2) is 0 Å². The summed E-state index contributed by atoms with van der Waals surface area (Å²) in [6.07, 6.45) is 6.21. The minimum atomic E-state index is -3.91. The monoisotopic (exact) mass is 463 g/mol. The van der Waals surface area contributed by atoms with E-state index in [4.69, 9.17) is 4.42 Å². The number of sulfonamides is 1. The molecule has 2 aromatic rings. The van der Waals surface area contributed by atoms with Crippen molar-refractivity contribution in [1.82, 2.24) is 10.9 Å². The minimum Gasteiger partial charge on any atom is -0.446 e. The van der Waals surface area contributed by atoms with Crippen LogP contribution < -0.4 is 15.3 Å². The van der Waals surface area contributed by atoms with Crippen LogP contribution in [0.1, 0.15) is 32.3 Å². The zero-order valence-electron chi connectivity index (χ0n) is 18.3. The summed E-state index contributed by atoms with van der Waals surface area (Å²) >= 11 is 0. The number of nitrogens with one attached hydrogen (secondary N) is 2. The molecule has 0 radical (unpaired) electrons. The van der Waals surface area contributed by atoms with Crippen LogP contribution in [0.3, 0.4) is 0 Å². The van der Waals surface area contributed by atoms with E-state index in [0.29, 0.717) is 10.8 Å². The first-order valence-corrected chi connectivity index (χ1v) is 12.0. The highest BCUT2D eigenvalue weighted by Crippen LogP contribution is 2.26. The van der Waals surface area contributed by atoms with Gasteiger partial charge in [-0.05, 0) is 30.4 Å². The first-order valence-electron chi connectivity index (χ1n) is 10.1. The summed E-state index contributed by atoms with van der Waals surface area (Å²) in [6, 6.07) is 12.3. The average Bonchev–Trinajstić information content (AvgIpc) is 3.27. The Labute approximate surface area is 188 Å². The molecule has 2 rings (SSSR count). The number of allylic oxidation sites excluding steroid dienone is 1. The van der Waals surface area contributed by atoms with Crippen LogP contribution >= 0.6 is 0 Å². The maximum atomic E-state index is 13.2. The van der Waals surface area contributed by atoms with Crippen LogP contribution in [0, 0.1) is 17.8 Å². The lowest BCUT2D eigenvalue weighted by molar-refractivity contribution is -0.140. The molecule has 10 heteroatoms. The van der Waals surface area contributed by atoms with Crippen LogP contribution in [0.5, 0.6) is 0 Å². The number of rotatable bonds is 11. The van der Waals surface area contributed by atoms with Gasteiger partial charge in [0, 0.05) is 6.07 Å². The number of carbonyl (C=O) groups is 2. The highest BCUT2D eigenvalue weighted by Gasteiger charge is 2.35. The van der Waals surface area contributed by atoms with Gasteiger partial charge in [-0.1, -0.05) is 56.3 Å². The van der Waals surface area contributed by atoms with Gasteiger partial charge in [-0.15, -0.1) is 4.41 Å². The van der Waals surface area contributed by atoms with Crippen molar-refractivity contribution in [1.29, 1.82) is 0 Å². The van der Waals surface area contributed by atoms with Gasteiger partial charge >= 0.3 is 0 Å². The molecule has 3 N–H and O–H groups in total. The number of benzene rings is 1. The smallest absolute Gasteiger partial charge is 0.252 e. The molecule has 0 bridgehead atoms. The number of nitrogens with zero attached hydrogens (tertiary/aromatic N) is 1. The van der Waals surface area contributed by atoms with Crippen molar-refractivity contribution >= 4 is 33.8 Å². The van der Waals surface area contributed by atoms with Crippen LogP contribution in [0.2, 0.25) is 0 Å². The number of hydrogen-bond donors (Lipinski definition) is 3. The van der Waals surface area contributed by atoms with Gasteiger partial charge in [-0.25, -0.2) is 13.9 Å². The standard InChI is InChI=1S/C22H29N3O6S/c1-16(2)15-19(21(26)23-25(32(3,29)30)20-13-8-14-31-20)18(22(27)24-28)12-7-11-17-9-5-4-6-10-17/h4-11,13-14,16,18-19,28H,12,15H2,1-3H3,(H,23,26)(H,24,27)/b11-7+/t18-,19+/m0/s1. The third-order valence-corrected chi connectivity index (χ3v) is 5.68. The fourth-order valence-corrected chi connectivity index (χ4v) is 3.97. The van der Waals surface area contributed by atoms with Crippen molar-refractivity contribution in [3.63, 3.8) is 0 Å². The largest absolute Gasteiger partial charge is 0.446 e. The molecule has 2 atom stereocenters. The lowest BCUT2D eigenvalue weighted by Crippen LogP contribution is -2.51. The molecule has 9 nitrogen and oxygen atoms in total. The molecule has 0 aliphatic heterocycles. The summed E-state index contributed by atoms with van der Waals surface area (Å²) in [5.74, 6) is -3.32. The predicted molar refractivity (Wildman–Crippen MR) is 121 cm³/mol. The molecular weight excluding hydrogens is 434 g/mol. The Balaban J connectivity index is 2.30. The number of anilines is 1. The van der Waals surface area contributed by atoms with Crippen molar-refractivity contribution in [2.45, 2.75) is 26.7 Å². The maximum Gasteiger partial charge on any atom is 0.252 e. The molecule has 0 aliphatic rings. The molecule has 2 amide bonds. The van der Waals surface area contributed by atoms with E-state index < -0.39 is 33.7 Å². The van der Waals surface area contributed by atoms with Gasteiger partial charge in [-0.3, -0.25) is 20.2 Å². The second-order valence-corrected chi connectivity index (χ2v) is 9.65. The van der Waals surface area contributed by atoms with Gasteiger partial charge in [0.25, 0.3) is 10.0 Å². The number of carbonyl (C=O) groups excluding carboxylic acids is 2. The first-order chi connectivity index (χ1) is 15.1. The molecule has 0 spiro atoms. The van der Waals surface area contributed by atoms with E-state index in [1.807, 2.05) is 50.3 Å². The predicted octanol–water partition coefficient (Wildman–Crippen LogP) is 2.96. The van der Waals surface area contributed by atoms with E-state index in [0.717, 1.165) is 11.8 Å². The Bertz CT molecular complexity index is 1000. The quantitative estimate of drug-likeness (QED) is 0.347. The highest BCUT2D eigenvalue weighted by atomic mass is 32.2. The van der Waals surface area contributed by atoms with Gasteiger partial charge in [0.1, 0.15) is 0 Å². The molecule has 1 aromatic heterocycles. The van der Waals surface area contributed by atoms with Crippen molar-refractivity contribution in [3.05, 3.63) is 60.4 Å². The Hall–Kier alpha value is -3.11.